The summed E-state index contributed by atoms with van der Waals surface area (Å²) < 4.78 is 11.3. The van der Waals surface area contributed by atoms with Gasteiger partial charge in [-0.3, -0.25) is 0 Å². The van der Waals surface area contributed by atoms with Gasteiger partial charge in [-0.15, -0.1) is 10.2 Å². The van der Waals surface area contributed by atoms with E-state index in [2.05, 4.69) is 36.3 Å². The monoisotopic (exact) mass is 239 g/mol. The Balaban J connectivity index is 2.09. The Morgan fingerprint density at radius 2 is 2.24 bits per heavy atom. The molecule has 0 aliphatic carbocycles. The van der Waals surface area contributed by atoms with Crippen LogP contribution in [-0.2, 0) is 4.74 Å². The first kappa shape index (κ1) is 12.5. The molecule has 2 heterocycles. The van der Waals surface area contributed by atoms with Crippen molar-refractivity contribution in [3.63, 3.8) is 0 Å². The van der Waals surface area contributed by atoms with Gasteiger partial charge in [0.15, 0.2) is 0 Å². The molecule has 1 aromatic heterocycles. The van der Waals surface area contributed by atoms with Gasteiger partial charge in [0.25, 0.3) is 0 Å². The van der Waals surface area contributed by atoms with Crippen molar-refractivity contribution in [2.24, 2.45) is 0 Å². The molecule has 1 fully saturated rings. The first-order valence-corrected chi connectivity index (χ1v) is 6.44. The standard InChI is InChI=1S/C12H21N3O2/c1-4-10(13-5-2)12-15-14-11(17-12)9-6-7-16-8(9)3/h8-10,13H,4-7H2,1-3H3. The maximum absolute atomic E-state index is 5.78. The Morgan fingerprint density at radius 1 is 1.41 bits per heavy atom. The van der Waals surface area contributed by atoms with Crippen LogP contribution in [0.15, 0.2) is 4.42 Å². The van der Waals surface area contributed by atoms with Crippen LogP contribution in [0.3, 0.4) is 0 Å². The topological polar surface area (TPSA) is 60.2 Å². The number of hydrogen-bond donors (Lipinski definition) is 1. The predicted molar refractivity (Wildman–Crippen MR) is 63.8 cm³/mol. The van der Waals surface area contributed by atoms with Gasteiger partial charge >= 0.3 is 0 Å². The molecule has 0 spiro atoms. The van der Waals surface area contributed by atoms with Gasteiger partial charge in [0.05, 0.1) is 18.1 Å². The zero-order valence-electron chi connectivity index (χ0n) is 10.8. The average Bonchev–Trinajstić information content (AvgIpc) is 2.94. The van der Waals surface area contributed by atoms with Gasteiger partial charge in [0.2, 0.25) is 11.8 Å². The maximum Gasteiger partial charge on any atom is 0.233 e. The van der Waals surface area contributed by atoms with Crippen molar-refractivity contribution in [1.29, 1.82) is 0 Å². The Kier molecular flexibility index (Phi) is 4.12. The molecule has 0 amide bonds. The van der Waals surface area contributed by atoms with Crippen molar-refractivity contribution in [3.8, 4) is 0 Å². The van der Waals surface area contributed by atoms with Crippen LogP contribution < -0.4 is 5.32 Å². The number of nitrogens with one attached hydrogen (secondary N) is 1. The summed E-state index contributed by atoms with van der Waals surface area (Å²) >= 11 is 0. The minimum Gasteiger partial charge on any atom is -0.423 e. The number of aromatic nitrogens is 2. The van der Waals surface area contributed by atoms with Crippen molar-refractivity contribution < 1.29 is 9.15 Å². The molecule has 0 bridgehead atoms. The van der Waals surface area contributed by atoms with E-state index in [-0.39, 0.29) is 18.1 Å². The molecule has 1 aliphatic rings. The zero-order chi connectivity index (χ0) is 12.3. The smallest absolute Gasteiger partial charge is 0.233 e. The summed E-state index contributed by atoms with van der Waals surface area (Å²) in [5.41, 5.74) is 0. The third kappa shape index (κ3) is 2.66. The number of rotatable bonds is 5. The Labute approximate surface area is 102 Å². The van der Waals surface area contributed by atoms with Crippen LogP contribution in [-0.4, -0.2) is 29.5 Å². The molecule has 1 aliphatic heterocycles. The van der Waals surface area contributed by atoms with Crippen molar-refractivity contribution in [2.45, 2.75) is 51.7 Å². The van der Waals surface area contributed by atoms with Crippen LogP contribution in [0.5, 0.6) is 0 Å². The average molecular weight is 239 g/mol. The van der Waals surface area contributed by atoms with Crippen molar-refractivity contribution in [2.75, 3.05) is 13.2 Å². The summed E-state index contributed by atoms with van der Waals surface area (Å²) in [6.07, 6.45) is 2.11. The predicted octanol–water partition coefficient (Wildman–Crippen LogP) is 2.02. The van der Waals surface area contributed by atoms with E-state index in [9.17, 15) is 0 Å². The van der Waals surface area contributed by atoms with Crippen LogP contribution in [0.1, 0.15) is 57.4 Å². The highest BCUT2D eigenvalue weighted by atomic mass is 16.5. The highest BCUT2D eigenvalue weighted by Gasteiger charge is 2.31. The number of nitrogens with zero attached hydrogens (tertiary/aromatic N) is 2. The Morgan fingerprint density at radius 3 is 2.82 bits per heavy atom. The van der Waals surface area contributed by atoms with Crippen molar-refractivity contribution >= 4 is 0 Å². The van der Waals surface area contributed by atoms with E-state index in [0.29, 0.717) is 5.89 Å². The molecule has 0 radical (unpaired) electrons. The molecule has 1 N–H and O–H groups in total. The van der Waals surface area contributed by atoms with Gasteiger partial charge in [0, 0.05) is 6.61 Å². The molecule has 5 nitrogen and oxygen atoms in total. The van der Waals surface area contributed by atoms with Crippen molar-refractivity contribution in [1.82, 2.24) is 15.5 Å². The van der Waals surface area contributed by atoms with E-state index in [1.807, 2.05) is 0 Å². The van der Waals surface area contributed by atoms with E-state index in [4.69, 9.17) is 9.15 Å². The SMILES string of the molecule is CCNC(CC)c1nnc(C2CCOC2C)o1. The molecule has 2 rings (SSSR count). The summed E-state index contributed by atoms with van der Waals surface area (Å²) in [5, 5.41) is 11.6. The Bertz CT molecular complexity index is 353. The van der Waals surface area contributed by atoms with E-state index >= 15 is 0 Å². The van der Waals surface area contributed by atoms with Crippen molar-refractivity contribution in [3.05, 3.63) is 11.8 Å². The fourth-order valence-corrected chi connectivity index (χ4v) is 2.25. The quantitative estimate of drug-likeness (QED) is 0.851. The largest absolute Gasteiger partial charge is 0.423 e. The second-order valence-electron chi connectivity index (χ2n) is 4.47. The molecule has 5 heteroatoms. The molecule has 1 saturated heterocycles. The summed E-state index contributed by atoms with van der Waals surface area (Å²) in [4.78, 5) is 0. The minimum absolute atomic E-state index is 0.166. The molecule has 0 saturated carbocycles. The third-order valence-corrected chi connectivity index (χ3v) is 3.31. The van der Waals surface area contributed by atoms with Crippen LogP contribution in [0.4, 0.5) is 0 Å². The lowest BCUT2D eigenvalue weighted by Crippen LogP contribution is -2.20. The zero-order valence-corrected chi connectivity index (χ0v) is 10.8. The highest BCUT2D eigenvalue weighted by molar-refractivity contribution is 4.99. The van der Waals surface area contributed by atoms with E-state index in [1.165, 1.54) is 0 Å². The van der Waals surface area contributed by atoms with E-state index < -0.39 is 0 Å². The molecule has 1 aromatic rings. The van der Waals surface area contributed by atoms with Gasteiger partial charge in [-0.05, 0) is 26.3 Å². The van der Waals surface area contributed by atoms with Gasteiger partial charge in [0.1, 0.15) is 0 Å². The third-order valence-electron chi connectivity index (χ3n) is 3.31. The van der Waals surface area contributed by atoms with E-state index in [1.54, 1.807) is 0 Å². The fourth-order valence-electron chi connectivity index (χ4n) is 2.25. The lowest BCUT2D eigenvalue weighted by Gasteiger charge is -2.11. The fraction of sp³-hybridized carbons (Fsp3) is 0.833. The summed E-state index contributed by atoms with van der Waals surface area (Å²) in [7, 11) is 0. The lowest BCUT2D eigenvalue weighted by atomic mass is 10.0. The van der Waals surface area contributed by atoms with Crippen LogP contribution >= 0.6 is 0 Å². The van der Waals surface area contributed by atoms with Gasteiger partial charge in [-0.2, -0.15) is 0 Å². The second-order valence-corrected chi connectivity index (χ2v) is 4.47. The van der Waals surface area contributed by atoms with Crippen LogP contribution in [0.25, 0.3) is 0 Å². The molecule has 0 aromatic carbocycles. The Hall–Kier alpha value is -0.940. The van der Waals surface area contributed by atoms with Gasteiger partial charge in [-0.25, -0.2) is 0 Å². The molecular weight excluding hydrogens is 218 g/mol. The van der Waals surface area contributed by atoms with Crippen LogP contribution in [0.2, 0.25) is 0 Å². The molecule has 17 heavy (non-hydrogen) atoms. The molecule has 3 atom stereocenters. The molecule has 96 valence electrons. The van der Waals surface area contributed by atoms with Gasteiger partial charge in [-0.1, -0.05) is 13.8 Å². The number of ether oxygens (including phenoxy) is 1. The van der Waals surface area contributed by atoms with E-state index in [0.717, 1.165) is 31.9 Å². The normalized spacial score (nSPS) is 26.3. The number of hydrogen-bond acceptors (Lipinski definition) is 5. The summed E-state index contributed by atoms with van der Waals surface area (Å²) in [6.45, 7) is 7.93. The maximum atomic E-state index is 5.78. The first-order valence-electron chi connectivity index (χ1n) is 6.44. The molecule has 3 unspecified atom stereocenters. The summed E-state index contributed by atoms with van der Waals surface area (Å²) in [5.74, 6) is 1.68. The van der Waals surface area contributed by atoms with Crippen LogP contribution in [0, 0.1) is 0 Å². The van der Waals surface area contributed by atoms with Gasteiger partial charge < -0.3 is 14.5 Å². The second kappa shape index (κ2) is 5.60. The summed E-state index contributed by atoms with van der Waals surface area (Å²) in [6, 6.07) is 0.166. The minimum atomic E-state index is 0.166. The highest BCUT2D eigenvalue weighted by Crippen LogP contribution is 2.31. The molecular formula is C12H21N3O2. The first-order chi connectivity index (χ1) is 8.26. The lowest BCUT2D eigenvalue weighted by molar-refractivity contribution is 0.114.